The first-order valence-corrected chi connectivity index (χ1v) is 6.66. The molecule has 2 fully saturated rings. The van der Waals surface area contributed by atoms with Gasteiger partial charge in [-0.15, -0.1) is 0 Å². The van der Waals surface area contributed by atoms with Gasteiger partial charge in [0.15, 0.2) is 0 Å². The molecular weight excluding hydrogens is 178 g/mol. The second-order valence-electron chi connectivity index (χ2n) is 4.96. The van der Waals surface area contributed by atoms with E-state index >= 15 is 0 Å². The van der Waals surface area contributed by atoms with Gasteiger partial charge in [0.05, 0.1) is 0 Å². The van der Waals surface area contributed by atoms with Gasteiger partial charge >= 0.3 is 0 Å². The highest BCUT2D eigenvalue weighted by molar-refractivity contribution is 7.99. The van der Waals surface area contributed by atoms with Crippen LogP contribution in [-0.2, 0) is 0 Å². The Balaban J connectivity index is 1.75. The smallest absolute Gasteiger partial charge is 0.00807 e. The van der Waals surface area contributed by atoms with Crippen molar-refractivity contribution in [3.8, 4) is 0 Å². The monoisotopic (exact) mass is 199 g/mol. The van der Waals surface area contributed by atoms with Crippen LogP contribution in [0.5, 0.6) is 0 Å². The first kappa shape index (κ1) is 9.85. The third kappa shape index (κ3) is 2.63. The Morgan fingerprint density at radius 2 is 1.85 bits per heavy atom. The van der Waals surface area contributed by atoms with Gasteiger partial charge in [-0.25, -0.2) is 0 Å². The summed E-state index contributed by atoms with van der Waals surface area (Å²) in [5.41, 5.74) is 0. The molecular formula is C11H21NS. The summed E-state index contributed by atoms with van der Waals surface area (Å²) in [5, 5.41) is 4.65. The van der Waals surface area contributed by atoms with Crippen LogP contribution in [0.1, 0.15) is 39.5 Å². The SMILES string of the molecule is CC(C)CSC1CC2CCC(C1)N2. The van der Waals surface area contributed by atoms with E-state index in [4.69, 9.17) is 0 Å². The molecule has 2 bridgehead atoms. The van der Waals surface area contributed by atoms with Crippen molar-refractivity contribution >= 4 is 11.8 Å². The van der Waals surface area contributed by atoms with Crippen LogP contribution in [-0.4, -0.2) is 23.1 Å². The second kappa shape index (κ2) is 4.22. The topological polar surface area (TPSA) is 12.0 Å². The molecule has 2 heterocycles. The zero-order valence-corrected chi connectivity index (χ0v) is 9.57. The van der Waals surface area contributed by atoms with Crippen molar-refractivity contribution < 1.29 is 0 Å². The highest BCUT2D eigenvalue weighted by Crippen LogP contribution is 2.34. The zero-order valence-electron chi connectivity index (χ0n) is 8.75. The van der Waals surface area contributed by atoms with E-state index in [1.807, 2.05) is 0 Å². The Morgan fingerprint density at radius 1 is 1.23 bits per heavy atom. The standard InChI is InChI=1S/C11H21NS/c1-8(2)7-13-11-5-9-3-4-10(6-11)12-9/h8-12H,3-7H2,1-2H3. The third-order valence-corrected chi connectivity index (χ3v) is 4.81. The van der Waals surface area contributed by atoms with Gasteiger partial charge in [0.1, 0.15) is 0 Å². The molecule has 0 radical (unpaired) electrons. The van der Waals surface area contributed by atoms with E-state index < -0.39 is 0 Å². The summed E-state index contributed by atoms with van der Waals surface area (Å²) in [7, 11) is 0. The quantitative estimate of drug-likeness (QED) is 0.750. The lowest BCUT2D eigenvalue weighted by Gasteiger charge is -2.29. The van der Waals surface area contributed by atoms with Crippen LogP contribution in [0, 0.1) is 5.92 Å². The van der Waals surface area contributed by atoms with Gasteiger partial charge in [0.2, 0.25) is 0 Å². The number of hydrogen-bond donors (Lipinski definition) is 1. The summed E-state index contributed by atoms with van der Waals surface area (Å²) >= 11 is 2.21. The molecule has 13 heavy (non-hydrogen) atoms. The number of piperidine rings is 1. The third-order valence-electron chi connectivity index (χ3n) is 3.10. The van der Waals surface area contributed by atoms with E-state index in [1.165, 1.54) is 31.4 Å². The highest BCUT2D eigenvalue weighted by Gasteiger charge is 2.33. The van der Waals surface area contributed by atoms with Crippen molar-refractivity contribution in [3.05, 3.63) is 0 Å². The van der Waals surface area contributed by atoms with Crippen LogP contribution in [0.4, 0.5) is 0 Å². The first-order chi connectivity index (χ1) is 6.24. The van der Waals surface area contributed by atoms with Crippen molar-refractivity contribution in [1.82, 2.24) is 5.32 Å². The lowest BCUT2D eigenvalue weighted by molar-refractivity contribution is 0.414. The van der Waals surface area contributed by atoms with Crippen molar-refractivity contribution in [1.29, 1.82) is 0 Å². The molecule has 0 saturated carbocycles. The molecule has 2 rings (SSSR count). The van der Waals surface area contributed by atoms with E-state index in [1.54, 1.807) is 0 Å². The van der Waals surface area contributed by atoms with Crippen molar-refractivity contribution in [3.63, 3.8) is 0 Å². The molecule has 2 unspecified atom stereocenters. The number of nitrogens with one attached hydrogen (secondary N) is 1. The molecule has 0 aromatic rings. The minimum Gasteiger partial charge on any atom is -0.311 e. The van der Waals surface area contributed by atoms with Crippen LogP contribution < -0.4 is 5.32 Å². The summed E-state index contributed by atoms with van der Waals surface area (Å²) in [4.78, 5) is 0. The van der Waals surface area contributed by atoms with Crippen LogP contribution in [0.15, 0.2) is 0 Å². The van der Waals surface area contributed by atoms with Gasteiger partial charge in [0, 0.05) is 17.3 Å². The Bertz CT molecular complexity index is 157. The predicted molar refractivity (Wildman–Crippen MR) is 60.3 cm³/mol. The minimum absolute atomic E-state index is 0.859. The van der Waals surface area contributed by atoms with E-state index in [0.717, 1.165) is 23.3 Å². The Hall–Kier alpha value is 0.310. The molecule has 0 aromatic carbocycles. The Kier molecular flexibility index (Phi) is 3.20. The minimum atomic E-state index is 0.859. The lowest BCUT2D eigenvalue weighted by atomic mass is 10.1. The lowest BCUT2D eigenvalue weighted by Crippen LogP contribution is -2.39. The Labute approximate surface area is 86.0 Å². The van der Waals surface area contributed by atoms with Crippen molar-refractivity contribution in [2.75, 3.05) is 5.75 Å². The normalized spacial score (nSPS) is 38.5. The molecule has 76 valence electrons. The molecule has 0 amide bonds. The largest absolute Gasteiger partial charge is 0.311 e. The van der Waals surface area contributed by atoms with Crippen LogP contribution in [0.2, 0.25) is 0 Å². The van der Waals surface area contributed by atoms with Crippen molar-refractivity contribution in [2.45, 2.75) is 56.9 Å². The molecule has 0 aliphatic carbocycles. The van der Waals surface area contributed by atoms with Crippen molar-refractivity contribution in [2.24, 2.45) is 5.92 Å². The fourth-order valence-electron chi connectivity index (χ4n) is 2.47. The van der Waals surface area contributed by atoms with E-state index in [-0.39, 0.29) is 0 Å². The summed E-state index contributed by atoms with van der Waals surface area (Å²) in [5.74, 6) is 2.21. The zero-order chi connectivity index (χ0) is 9.26. The molecule has 0 spiro atoms. The maximum Gasteiger partial charge on any atom is 0.00807 e. The summed E-state index contributed by atoms with van der Waals surface area (Å²) in [6.07, 6.45) is 5.72. The summed E-state index contributed by atoms with van der Waals surface area (Å²) in [6, 6.07) is 1.73. The second-order valence-corrected chi connectivity index (χ2v) is 6.29. The average molecular weight is 199 g/mol. The molecule has 2 saturated heterocycles. The van der Waals surface area contributed by atoms with Gasteiger partial charge in [-0.1, -0.05) is 13.8 Å². The summed E-state index contributed by atoms with van der Waals surface area (Å²) in [6.45, 7) is 4.64. The molecule has 0 aromatic heterocycles. The number of hydrogen-bond acceptors (Lipinski definition) is 2. The number of thioether (sulfide) groups is 1. The van der Waals surface area contributed by atoms with Gasteiger partial charge < -0.3 is 5.32 Å². The molecule has 2 heteroatoms. The highest BCUT2D eigenvalue weighted by atomic mass is 32.2. The van der Waals surface area contributed by atoms with Gasteiger partial charge in [-0.05, 0) is 37.4 Å². The average Bonchev–Trinajstić information content (AvgIpc) is 2.42. The van der Waals surface area contributed by atoms with Crippen LogP contribution >= 0.6 is 11.8 Å². The molecule has 1 N–H and O–H groups in total. The first-order valence-electron chi connectivity index (χ1n) is 5.61. The van der Waals surface area contributed by atoms with Crippen LogP contribution in [0.3, 0.4) is 0 Å². The van der Waals surface area contributed by atoms with E-state index in [0.29, 0.717) is 0 Å². The molecule has 2 atom stereocenters. The molecule has 1 nitrogen and oxygen atoms in total. The summed E-state index contributed by atoms with van der Waals surface area (Å²) < 4.78 is 0. The Morgan fingerprint density at radius 3 is 2.38 bits per heavy atom. The van der Waals surface area contributed by atoms with E-state index in [9.17, 15) is 0 Å². The van der Waals surface area contributed by atoms with E-state index in [2.05, 4.69) is 30.9 Å². The fourth-order valence-corrected chi connectivity index (χ4v) is 3.86. The fraction of sp³-hybridized carbons (Fsp3) is 1.00. The predicted octanol–water partition coefficient (Wildman–Crippen LogP) is 2.66. The van der Waals surface area contributed by atoms with Gasteiger partial charge in [-0.2, -0.15) is 11.8 Å². The molecule has 2 aliphatic rings. The maximum atomic E-state index is 3.69. The maximum absolute atomic E-state index is 3.69. The number of rotatable bonds is 3. The number of fused-ring (bicyclic) bond motifs is 2. The van der Waals surface area contributed by atoms with Gasteiger partial charge in [-0.3, -0.25) is 0 Å². The van der Waals surface area contributed by atoms with Gasteiger partial charge in [0.25, 0.3) is 0 Å². The molecule has 2 aliphatic heterocycles. The van der Waals surface area contributed by atoms with Crippen LogP contribution in [0.25, 0.3) is 0 Å².